The molecule has 4 rings (SSSR count). The third-order valence-electron chi connectivity index (χ3n) is 4.67. The molecule has 0 radical (unpaired) electrons. The smallest absolute Gasteiger partial charge is 0.238 e. The molecule has 0 spiro atoms. The van der Waals surface area contributed by atoms with Crippen molar-refractivity contribution in [1.82, 2.24) is 9.97 Å². The molecule has 0 unspecified atom stereocenters. The molecule has 0 saturated heterocycles. The summed E-state index contributed by atoms with van der Waals surface area (Å²) in [6, 6.07) is 18.1. The van der Waals surface area contributed by atoms with Gasteiger partial charge in [-0.3, -0.25) is 0 Å². The highest BCUT2D eigenvalue weighted by Gasteiger charge is 2.31. The van der Waals surface area contributed by atoms with Crippen molar-refractivity contribution in [2.45, 2.75) is 0 Å². The van der Waals surface area contributed by atoms with Crippen molar-refractivity contribution in [2.24, 2.45) is 0 Å². The van der Waals surface area contributed by atoms with Crippen molar-refractivity contribution in [3.8, 4) is 40.6 Å². The number of aromatic nitrogens is 2. The molecule has 1 heterocycles. The Balaban J connectivity index is 2.01. The average molecular weight is 381 g/mol. The highest BCUT2D eigenvalue weighted by molar-refractivity contribution is 6.02. The lowest BCUT2D eigenvalue weighted by Crippen LogP contribution is -2.00. The minimum Gasteiger partial charge on any atom is -0.238 e. The van der Waals surface area contributed by atoms with E-state index in [-0.39, 0.29) is 22.8 Å². The maximum atomic E-state index is 9.49. The molecule has 1 aliphatic rings. The van der Waals surface area contributed by atoms with E-state index in [9.17, 15) is 15.8 Å². The molecule has 2 aromatic carbocycles. The summed E-state index contributed by atoms with van der Waals surface area (Å²) in [5.41, 5.74) is 3.89. The number of allylic oxidation sites excluding steroid dienone is 1. The van der Waals surface area contributed by atoms with E-state index < -0.39 is 0 Å². The highest BCUT2D eigenvalue weighted by atomic mass is 14.9. The van der Waals surface area contributed by atoms with E-state index in [0.29, 0.717) is 28.1 Å². The largest absolute Gasteiger partial charge is 0.271 e. The SMILES string of the molecule is [C-]#[N+]/C(C#N)=C1\c2cc(-c3ccc([N+]#[C-])cc3)ccc2-c2nc(C#N)c(C#N)nc21. The second-order valence-corrected chi connectivity index (χ2v) is 6.21. The van der Waals surface area contributed by atoms with Crippen LogP contribution in [0.4, 0.5) is 5.69 Å². The first kappa shape index (κ1) is 18.1. The minimum absolute atomic E-state index is 0.108. The fourth-order valence-corrected chi connectivity index (χ4v) is 3.32. The number of nitriles is 3. The number of benzene rings is 2. The quantitative estimate of drug-likeness (QED) is 0.353. The van der Waals surface area contributed by atoms with Crippen LogP contribution in [-0.4, -0.2) is 9.97 Å². The number of hydrogen-bond donors (Lipinski definition) is 0. The Labute approximate surface area is 171 Å². The fourth-order valence-electron chi connectivity index (χ4n) is 3.32. The Morgan fingerprint density at radius 3 is 2.00 bits per heavy atom. The van der Waals surface area contributed by atoms with Gasteiger partial charge >= 0.3 is 0 Å². The van der Waals surface area contributed by atoms with E-state index in [1.54, 1.807) is 18.2 Å². The first-order valence-corrected chi connectivity index (χ1v) is 8.52. The normalized spacial score (nSPS) is 12.2. The van der Waals surface area contributed by atoms with Crippen LogP contribution in [0, 0.1) is 47.1 Å². The summed E-state index contributed by atoms with van der Waals surface area (Å²) in [5.74, 6) is 0. The summed E-state index contributed by atoms with van der Waals surface area (Å²) < 4.78 is 0. The number of fused-ring (bicyclic) bond motifs is 3. The molecule has 1 aliphatic carbocycles. The lowest BCUT2D eigenvalue weighted by Gasteiger charge is -2.07. The summed E-state index contributed by atoms with van der Waals surface area (Å²) in [5, 5.41) is 28.1. The van der Waals surface area contributed by atoms with Crippen molar-refractivity contribution in [1.29, 1.82) is 15.8 Å². The molecule has 0 aliphatic heterocycles. The van der Waals surface area contributed by atoms with Crippen LogP contribution in [0.2, 0.25) is 0 Å². The Morgan fingerprint density at radius 2 is 1.43 bits per heavy atom. The van der Waals surface area contributed by atoms with Crippen molar-refractivity contribution < 1.29 is 0 Å². The van der Waals surface area contributed by atoms with E-state index in [0.717, 1.165) is 11.1 Å². The molecule has 0 saturated carbocycles. The molecular weight excluding hydrogens is 374 g/mol. The molecule has 0 atom stereocenters. The molecule has 0 fully saturated rings. The first-order valence-electron chi connectivity index (χ1n) is 8.52. The summed E-state index contributed by atoms with van der Waals surface area (Å²) in [4.78, 5) is 15.2. The van der Waals surface area contributed by atoms with Crippen molar-refractivity contribution in [2.75, 3.05) is 0 Å². The van der Waals surface area contributed by atoms with Crippen molar-refractivity contribution >= 4 is 11.3 Å². The van der Waals surface area contributed by atoms with Gasteiger partial charge in [-0.05, 0) is 22.8 Å². The van der Waals surface area contributed by atoms with Gasteiger partial charge in [-0.1, -0.05) is 36.4 Å². The molecule has 7 nitrogen and oxygen atoms in total. The van der Waals surface area contributed by atoms with Crippen LogP contribution in [-0.2, 0) is 0 Å². The molecule has 0 bridgehead atoms. The average Bonchev–Trinajstić information content (AvgIpc) is 3.11. The zero-order valence-corrected chi connectivity index (χ0v) is 15.2. The second kappa shape index (κ2) is 7.03. The molecule has 1 aromatic heterocycles. The van der Waals surface area contributed by atoms with Gasteiger partial charge in [-0.25, -0.2) is 24.9 Å². The van der Waals surface area contributed by atoms with Crippen LogP contribution in [0.1, 0.15) is 22.6 Å². The second-order valence-electron chi connectivity index (χ2n) is 6.21. The Morgan fingerprint density at radius 1 is 0.800 bits per heavy atom. The predicted molar refractivity (Wildman–Crippen MR) is 107 cm³/mol. The van der Waals surface area contributed by atoms with Crippen molar-refractivity contribution in [3.63, 3.8) is 0 Å². The molecule has 134 valence electrons. The number of rotatable bonds is 1. The lowest BCUT2D eigenvalue weighted by atomic mass is 9.97. The Kier molecular flexibility index (Phi) is 4.24. The third-order valence-corrected chi connectivity index (χ3v) is 4.67. The molecule has 0 amide bonds. The van der Waals surface area contributed by atoms with E-state index in [1.807, 2.05) is 42.5 Å². The van der Waals surface area contributed by atoms with E-state index in [4.69, 9.17) is 13.1 Å². The summed E-state index contributed by atoms with van der Waals surface area (Å²) in [6.07, 6.45) is 0. The highest BCUT2D eigenvalue weighted by Crippen LogP contribution is 2.45. The molecule has 0 N–H and O–H groups in total. The Bertz CT molecular complexity index is 1460. The summed E-state index contributed by atoms with van der Waals surface area (Å²) in [7, 11) is 0. The Hall–Kier alpha value is -5.29. The van der Waals surface area contributed by atoms with Gasteiger partial charge in [-0.15, -0.1) is 0 Å². The fraction of sp³-hybridized carbons (Fsp3) is 0. The monoisotopic (exact) mass is 381 g/mol. The molecule has 3 aromatic rings. The van der Waals surface area contributed by atoms with E-state index in [2.05, 4.69) is 19.7 Å². The van der Waals surface area contributed by atoms with Gasteiger partial charge in [0.15, 0.2) is 17.1 Å². The van der Waals surface area contributed by atoms with Gasteiger partial charge in [0.05, 0.1) is 30.6 Å². The van der Waals surface area contributed by atoms with Crippen LogP contribution < -0.4 is 0 Å². The maximum absolute atomic E-state index is 9.49. The van der Waals surface area contributed by atoms with Gasteiger partial charge in [0, 0.05) is 11.1 Å². The lowest BCUT2D eigenvalue weighted by molar-refractivity contribution is 1.12. The third kappa shape index (κ3) is 2.64. The molecule has 30 heavy (non-hydrogen) atoms. The van der Waals surface area contributed by atoms with Crippen LogP contribution in [0.15, 0.2) is 48.2 Å². The van der Waals surface area contributed by atoms with Gasteiger partial charge in [0.2, 0.25) is 0 Å². The van der Waals surface area contributed by atoms with Crippen LogP contribution in [0.3, 0.4) is 0 Å². The molecular formula is C23H7N7. The van der Waals surface area contributed by atoms with Crippen LogP contribution in [0.5, 0.6) is 0 Å². The van der Waals surface area contributed by atoms with E-state index >= 15 is 0 Å². The summed E-state index contributed by atoms with van der Waals surface area (Å²) in [6.45, 7) is 14.5. The van der Waals surface area contributed by atoms with Gasteiger partial charge in [0.1, 0.15) is 12.1 Å². The van der Waals surface area contributed by atoms with Crippen LogP contribution >= 0.6 is 0 Å². The number of hydrogen-bond acceptors (Lipinski definition) is 5. The zero-order valence-electron chi connectivity index (χ0n) is 15.2. The van der Waals surface area contributed by atoms with Gasteiger partial charge < -0.3 is 0 Å². The van der Waals surface area contributed by atoms with Gasteiger partial charge in [0.25, 0.3) is 5.70 Å². The van der Waals surface area contributed by atoms with Crippen molar-refractivity contribution in [3.05, 3.63) is 93.6 Å². The molecule has 7 heteroatoms. The topological polar surface area (TPSA) is 106 Å². The minimum atomic E-state index is -0.168. The van der Waals surface area contributed by atoms with E-state index in [1.165, 1.54) is 0 Å². The standard InChI is InChI=1S/C23H7N7/c1-27-15-6-3-13(4-7-15)14-5-8-16-17(9-14)21(20(12-26)28-2)23-22(16)29-18(10-24)19(11-25)30-23/h3-9H/b21-20+. The first-order chi connectivity index (χ1) is 14.6. The maximum Gasteiger partial charge on any atom is 0.271 e. The zero-order chi connectivity index (χ0) is 21.3. The van der Waals surface area contributed by atoms with Crippen LogP contribution in [0.25, 0.3) is 37.6 Å². The number of nitrogens with zero attached hydrogens (tertiary/aromatic N) is 7. The predicted octanol–water partition coefficient (Wildman–Crippen LogP) is 4.62. The summed E-state index contributed by atoms with van der Waals surface area (Å²) >= 11 is 0. The van der Waals surface area contributed by atoms with Gasteiger partial charge in [-0.2, -0.15) is 10.5 Å².